The highest BCUT2D eigenvalue weighted by atomic mass is 19.4. The zero-order valence-corrected chi connectivity index (χ0v) is 22.5. The number of halogens is 3. The first-order chi connectivity index (χ1) is 18.4. The summed E-state index contributed by atoms with van der Waals surface area (Å²) in [7, 11) is 4.01. The fraction of sp³-hybridized carbons (Fsp3) is 0.593. The second-order valence-electron chi connectivity index (χ2n) is 10.8. The van der Waals surface area contributed by atoms with Crippen LogP contribution in [0.1, 0.15) is 55.6 Å². The van der Waals surface area contributed by atoms with Crippen molar-refractivity contribution in [2.75, 3.05) is 27.2 Å². The molecule has 0 radical (unpaired) electrons. The first kappa shape index (κ1) is 28.7. The highest BCUT2D eigenvalue weighted by Gasteiger charge is 2.43. The Bertz CT molecular complexity index is 1240. The SMILES string of the molecule is CC(C)C(=O)OC[C@@H]1C[C@H](N(C)C)CC[C@@H]1N1CCC(NC(=O)c2ncnc3ccc(C(F)(F)F)cc23)C1=O. The lowest BCUT2D eigenvalue weighted by Crippen LogP contribution is -2.52. The first-order valence-electron chi connectivity index (χ1n) is 13.1. The molecule has 39 heavy (non-hydrogen) atoms. The molecule has 12 heteroatoms. The van der Waals surface area contributed by atoms with Crippen molar-refractivity contribution in [1.82, 2.24) is 25.1 Å². The van der Waals surface area contributed by atoms with Gasteiger partial charge in [0.1, 0.15) is 18.1 Å². The van der Waals surface area contributed by atoms with Gasteiger partial charge in [-0.3, -0.25) is 14.4 Å². The Kier molecular flexibility index (Phi) is 8.43. The van der Waals surface area contributed by atoms with E-state index in [0.29, 0.717) is 19.0 Å². The number of hydrogen-bond acceptors (Lipinski definition) is 7. The van der Waals surface area contributed by atoms with E-state index in [1.54, 1.807) is 18.7 Å². The second-order valence-corrected chi connectivity index (χ2v) is 10.8. The minimum absolute atomic E-state index is 0.0406. The van der Waals surface area contributed by atoms with Crippen LogP contribution in [0.4, 0.5) is 13.2 Å². The number of alkyl halides is 3. The number of ether oxygens (including phenoxy) is 1. The lowest BCUT2D eigenvalue weighted by atomic mass is 9.80. The fourth-order valence-electron chi connectivity index (χ4n) is 5.44. The smallest absolute Gasteiger partial charge is 0.416 e. The lowest BCUT2D eigenvalue weighted by molar-refractivity contribution is -0.150. The molecule has 1 saturated carbocycles. The quantitative estimate of drug-likeness (QED) is 0.529. The number of esters is 1. The average Bonchev–Trinajstić information content (AvgIpc) is 3.24. The van der Waals surface area contributed by atoms with Gasteiger partial charge in [-0.25, -0.2) is 9.97 Å². The Morgan fingerprint density at radius 1 is 1.18 bits per heavy atom. The maximum Gasteiger partial charge on any atom is 0.416 e. The molecule has 1 N–H and O–H groups in total. The summed E-state index contributed by atoms with van der Waals surface area (Å²) in [5, 5.41) is 2.64. The standard InChI is InChI=1S/C27H34F3N5O4/c1-15(2)26(38)39-13-16-11-18(34(3)4)6-8-22(16)35-10-9-21(25(35)37)33-24(36)23-19-12-17(27(28,29)30)5-7-20(19)31-14-32-23/h5,7,12,14-16,18,21-22H,6,8-11,13H2,1-4H3,(H,33,36)/t16-,18+,21?,22-/m0/s1. The summed E-state index contributed by atoms with van der Waals surface area (Å²) in [6.07, 6.45) is -0.756. The first-order valence-corrected chi connectivity index (χ1v) is 13.1. The number of nitrogens with zero attached hydrogens (tertiary/aromatic N) is 4. The van der Waals surface area contributed by atoms with Gasteiger partial charge in [0, 0.05) is 29.9 Å². The van der Waals surface area contributed by atoms with Gasteiger partial charge in [0.25, 0.3) is 5.91 Å². The van der Waals surface area contributed by atoms with Gasteiger partial charge in [0.05, 0.1) is 23.6 Å². The van der Waals surface area contributed by atoms with Crippen molar-refractivity contribution < 1.29 is 32.3 Å². The van der Waals surface area contributed by atoms with Crippen LogP contribution in [0.3, 0.4) is 0 Å². The molecule has 1 aromatic heterocycles. The zero-order chi connectivity index (χ0) is 28.5. The van der Waals surface area contributed by atoms with Crippen LogP contribution in [0, 0.1) is 11.8 Å². The monoisotopic (exact) mass is 549 g/mol. The van der Waals surface area contributed by atoms with Gasteiger partial charge in [-0.15, -0.1) is 0 Å². The summed E-state index contributed by atoms with van der Waals surface area (Å²) in [6.45, 7) is 4.16. The number of carbonyl (C=O) groups is 3. The largest absolute Gasteiger partial charge is 0.465 e. The number of carbonyl (C=O) groups excluding carboxylic acids is 3. The molecule has 212 valence electrons. The molecule has 9 nitrogen and oxygen atoms in total. The molecule has 1 aromatic carbocycles. The normalized spacial score (nSPS) is 24.0. The number of amides is 2. The van der Waals surface area contributed by atoms with Gasteiger partial charge in [-0.2, -0.15) is 13.2 Å². The summed E-state index contributed by atoms with van der Waals surface area (Å²) < 4.78 is 45.4. The Hall–Kier alpha value is -3.28. The van der Waals surface area contributed by atoms with Crippen molar-refractivity contribution >= 4 is 28.7 Å². The minimum atomic E-state index is -4.59. The van der Waals surface area contributed by atoms with Gasteiger partial charge in [-0.1, -0.05) is 13.8 Å². The Labute approximate surface area is 225 Å². The van der Waals surface area contributed by atoms with Crippen LogP contribution >= 0.6 is 0 Å². The van der Waals surface area contributed by atoms with E-state index in [1.165, 1.54) is 6.07 Å². The second kappa shape index (κ2) is 11.4. The summed E-state index contributed by atoms with van der Waals surface area (Å²) >= 11 is 0. The maximum atomic E-state index is 13.4. The number of fused-ring (bicyclic) bond motifs is 1. The van der Waals surface area contributed by atoms with Crippen LogP contribution in [0.2, 0.25) is 0 Å². The van der Waals surface area contributed by atoms with Gasteiger partial charge < -0.3 is 19.9 Å². The summed E-state index contributed by atoms with van der Waals surface area (Å²) in [4.78, 5) is 50.5. The van der Waals surface area contributed by atoms with E-state index in [0.717, 1.165) is 37.7 Å². The molecular weight excluding hydrogens is 515 g/mol. The van der Waals surface area contributed by atoms with E-state index in [9.17, 15) is 27.6 Å². The van der Waals surface area contributed by atoms with E-state index in [2.05, 4.69) is 20.2 Å². The van der Waals surface area contributed by atoms with Crippen molar-refractivity contribution in [3.05, 3.63) is 35.8 Å². The lowest BCUT2D eigenvalue weighted by Gasteiger charge is -2.42. The molecule has 1 aliphatic heterocycles. The van der Waals surface area contributed by atoms with E-state index in [-0.39, 0.29) is 53.0 Å². The molecule has 1 aliphatic carbocycles. The van der Waals surface area contributed by atoms with Crippen molar-refractivity contribution in [2.45, 2.75) is 63.8 Å². The summed E-state index contributed by atoms with van der Waals surface area (Å²) in [5.74, 6) is -1.59. The third kappa shape index (κ3) is 6.32. The molecule has 2 aromatic rings. The van der Waals surface area contributed by atoms with E-state index in [4.69, 9.17) is 4.74 Å². The Balaban J connectivity index is 1.49. The van der Waals surface area contributed by atoms with Crippen molar-refractivity contribution in [1.29, 1.82) is 0 Å². The molecule has 1 saturated heterocycles. The van der Waals surface area contributed by atoms with E-state index < -0.39 is 23.7 Å². The Morgan fingerprint density at radius 2 is 1.92 bits per heavy atom. The number of likely N-dealkylation sites (tertiary alicyclic amines) is 1. The highest BCUT2D eigenvalue weighted by molar-refractivity contribution is 6.05. The summed E-state index contributed by atoms with van der Waals surface area (Å²) in [5.41, 5.74) is -0.944. The number of benzene rings is 1. The summed E-state index contributed by atoms with van der Waals surface area (Å²) in [6, 6.07) is 2.25. The number of aromatic nitrogens is 2. The van der Waals surface area contributed by atoms with E-state index in [1.807, 2.05) is 14.1 Å². The van der Waals surface area contributed by atoms with E-state index >= 15 is 0 Å². The molecule has 0 bridgehead atoms. The topological polar surface area (TPSA) is 105 Å². The molecule has 4 rings (SSSR count). The molecule has 2 heterocycles. The minimum Gasteiger partial charge on any atom is -0.465 e. The third-order valence-corrected chi connectivity index (χ3v) is 7.68. The van der Waals surface area contributed by atoms with Crippen LogP contribution in [-0.2, 0) is 20.5 Å². The molecule has 2 fully saturated rings. The van der Waals surface area contributed by atoms with Crippen molar-refractivity contribution in [3.8, 4) is 0 Å². The molecule has 1 unspecified atom stereocenters. The van der Waals surface area contributed by atoms with Crippen molar-refractivity contribution in [2.24, 2.45) is 11.8 Å². The van der Waals surface area contributed by atoms with Crippen LogP contribution in [0.5, 0.6) is 0 Å². The number of nitrogens with one attached hydrogen (secondary N) is 1. The van der Waals surface area contributed by atoms with Crippen molar-refractivity contribution in [3.63, 3.8) is 0 Å². The molecule has 2 aliphatic rings. The van der Waals surface area contributed by atoms with Gasteiger partial charge in [0.15, 0.2) is 0 Å². The zero-order valence-electron chi connectivity index (χ0n) is 22.5. The third-order valence-electron chi connectivity index (χ3n) is 7.68. The molecule has 2 amide bonds. The van der Waals surface area contributed by atoms with Crippen LogP contribution in [-0.4, -0.2) is 82.9 Å². The molecule has 0 spiro atoms. The highest BCUT2D eigenvalue weighted by Crippen LogP contribution is 2.34. The Morgan fingerprint density at radius 3 is 2.59 bits per heavy atom. The van der Waals surface area contributed by atoms with Crippen LogP contribution in [0.15, 0.2) is 24.5 Å². The number of rotatable bonds is 7. The maximum absolute atomic E-state index is 13.4. The number of hydrogen-bond donors (Lipinski definition) is 1. The predicted octanol–water partition coefficient (Wildman–Crippen LogP) is 3.28. The van der Waals surface area contributed by atoms with Gasteiger partial charge in [-0.05, 0) is 58.0 Å². The van der Waals surface area contributed by atoms with Crippen LogP contribution in [0.25, 0.3) is 10.9 Å². The van der Waals surface area contributed by atoms with Gasteiger partial charge >= 0.3 is 12.1 Å². The molecule has 4 atom stereocenters. The molecular formula is C27H34F3N5O4. The van der Waals surface area contributed by atoms with Gasteiger partial charge in [0.2, 0.25) is 5.91 Å². The fourth-order valence-corrected chi connectivity index (χ4v) is 5.44. The van der Waals surface area contributed by atoms with Crippen LogP contribution < -0.4 is 5.32 Å². The average molecular weight is 550 g/mol. The predicted molar refractivity (Wildman–Crippen MR) is 137 cm³/mol.